The number of nitrogens with one attached hydrogen (secondary N) is 1. The first kappa shape index (κ1) is 34.4. The largest absolute Gasteiger partial charge is 0.486 e. The van der Waals surface area contributed by atoms with Gasteiger partial charge < -0.3 is 19.7 Å². The van der Waals surface area contributed by atoms with Crippen molar-refractivity contribution in [3.8, 4) is 11.5 Å². The number of rotatable bonds is 13. The zero-order chi connectivity index (χ0) is 34.3. The third-order valence-electron chi connectivity index (χ3n) is 7.89. The highest BCUT2D eigenvalue weighted by Gasteiger charge is 2.35. The summed E-state index contributed by atoms with van der Waals surface area (Å²) in [7, 11) is -4.41. The summed E-state index contributed by atoms with van der Waals surface area (Å²) >= 11 is 0. The number of fused-ring (bicyclic) bond motifs is 1. The summed E-state index contributed by atoms with van der Waals surface area (Å²) < 4.78 is 54.8. The van der Waals surface area contributed by atoms with Crippen molar-refractivity contribution >= 4 is 27.5 Å². The van der Waals surface area contributed by atoms with Gasteiger partial charge in [0.1, 0.15) is 31.6 Å². The van der Waals surface area contributed by atoms with Crippen LogP contribution >= 0.6 is 0 Å². The van der Waals surface area contributed by atoms with E-state index < -0.39 is 34.3 Å². The van der Waals surface area contributed by atoms with E-state index in [2.05, 4.69) is 5.32 Å². The molecule has 4 aromatic rings. The molecule has 0 saturated carbocycles. The number of nitrogens with zero attached hydrogens (tertiary/aromatic N) is 2. The number of ether oxygens (including phenoxy) is 2. The van der Waals surface area contributed by atoms with E-state index in [9.17, 15) is 22.4 Å². The molecule has 252 valence electrons. The lowest BCUT2D eigenvalue weighted by Crippen LogP contribution is -2.53. The van der Waals surface area contributed by atoms with Gasteiger partial charge in [0.2, 0.25) is 11.8 Å². The molecule has 1 heterocycles. The number of sulfonamides is 1. The number of amides is 2. The van der Waals surface area contributed by atoms with Gasteiger partial charge in [0.25, 0.3) is 10.0 Å². The summed E-state index contributed by atoms with van der Waals surface area (Å²) in [5.74, 6) is -0.687. The van der Waals surface area contributed by atoms with E-state index in [1.165, 1.54) is 35.2 Å². The highest BCUT2D eigenvalue weighted by molar-refractivity contribution is 7.92. The lowest BCUT2D eigenvalue weighted by molar-refractivity contribution is -0.140. The van der Waals surface area contributed by atoms with Crippen molar-refractivity contribution in [3.63, 3.8) is 0 Å². The van der Waals surface area contributed by atoms with Crippen molar-refractivity contribution in [2.24, 2.45) is 5.92 Å². The Hall–Kier alpha value is -4.90. The molecule has 0 bridgehead atoms. The Balaban J connectivity index is 1.57. The molecule has 0 aromatic heterocycles. The number of aryl methyl sites for hydroxylation is 1. The Kier molecular flexibility index (Phi) is 11.0. The predicted octanol–water partition coefficient (Wildman–Crippen LogP) is 5.51. The summed E-state index contributed by atoms with van der Waals surface area (Å²) in [4.78, 5) is 29.8. The number of carbonyl (C=O) groups is 2. The first-order valence-electron chi connectivity index (χ1n) is 15.9. The fourth-order valence-corrected chi connectivity index (χ4v) is 6.86. The molecular formula is C37H40FN3O6S. The van der Waals surface area contributed by atoms with E-state index >= 15 is 0 Å². The van der Waals surface area contributed by atoms with Gasteiger partial charge in [0.15, 0.2) is 11.5 Å². The van der Waals surface area contributed by atoms with E-state index in [0.717, 1.165) is 33.1 Å². The lowest BCUT2D eigenvalue weighted by atomic mass is 10.0. The van der Waals surface area contributed by atoms with Crippen molar-refractivity contribution < 1.29 is 31.9 Å². The maximum absolute atomic E-state index is 14.6. The van der Waals surface area contributed by atoms with Gasteiger partial charge in [0.05, 0.1) is 10.6 Å². The maximum Gasteiger partial charge on any atom is 0.264 e. The smallest absolute Gasteiger partial charge is 0.264 e. The van der Waals surface area contributed by atoms with Crippen LogP contribution in [0, 0.1) is 18.7 Å². The van der Waals surface area contributed by atoms with Gasteiger partial charge in [-0.25, -0.2) is 12.8 Å². The third-order valence-corrected chi connectivity index (χ3v) is 9.66. The van der Waals surface area contributed by atoms with E-state index in [-0.39, 0.29) is 47.7 Å². The number of anilines is 1. The first-order chi connectivity index (χ1) is 23.0. The molecule has 11 heteroatoms. The fraction of sp³-hybridized carbons (Fsp3) is 0.297. The molecule has 2 amide bonds. The average molecular weight is 674 g/mol. The topological polar surface area (TPSA) is 105 Å². The summed E-state index contributed by atoms with van der Waals surface area (Å²) in [5.41, 5.74) is 2.67. The second-order valence-electron chi connectivity index (χ2n) is 12.1. The van der Waals surface area contributed by atoms with Gasteiger partial charge in [-0.3, -0.25) is 13.9 Å². The van der Waals surface area contributed by atoms with Crippen molar-refractivity contribution in [3.05, 3.63) is 120 Å². The molecule has 5 rings (SSSR count). The van der Waals surface area contributed by atoms with Gasteiger partial charge in [0, 0.05) is 25.6 Å². The minimum absolute atomic E-state index is 0.0500. The van der Waals surface area contributed by atoms with E-state index in [1.807, 2.05) is 75.4 Å². The Bertz CT molecular complexity index is 1830. The molecular weight excluding hydrogens is 633 g/mol. The van der Waals surface area contributed by atoms with Gasteiger partial charge in [-0.2, -0.15) is 0 Å². The molecule has 1 aliphatic rings. The molecule has 1 aliphatic heterocycles. The van der Waals surface area contributed by atoms with Crippen molar-refractivity contribution in [1.82, 2.24) is 10.2 Å². The first-order valence-corrected chi connectivity index (χ1v) is 17.3. The molecule has 0 spiro atoms. The maximum atomic E-state index is 14.6. The van der Waals surface area contributed by atoms with E-state index in [1.54, 1.807) is 0 Å². The van der Waals surface area contributed by atoms with Crippen LogP contribution in [0.1, 0.15) is 30.5 Å². The molecule has 0 fully saturated rings. The van der Waals surface area contributed by atoms with Crippen LogP contribution in [0.5, 0.6) is 11.5 Å². The summed E-state index contributed by atoms with van der Waals surface area (Å²) in [6.07, 6.45) is 0.202. The van der Waals surface area contributed by atoms with Crippen molar-refractivity contribution in [2.75, 3.05) is 30.6 Å². The van der Waals surface area contributed by atoms with Crippen LogP contribution in [0.25, 0.3) is 0 Å². The SMILES string of the molecule is Cc1cccc(CN(C(=O)CN(c2ccc(F)cc2)S(=O)(=O)c2ccc3c(c2)OCCO3)[C@H](Cc2ccccc2)C(=O)NCC(C)C)c1. The second kappa shape index (κ2) is 15.3. The average Bonchev–Trinajstić information content (AvgIpc) is 3.08. The lowest BCUT2D eigenvalue weighted by Gasteiger charge is -2.34. The molecule has 0 radical (unpaired) electrons. The van der Waals surface area contributed by atoms with Gasteiger partial charge in [-0.05, 0) is 60.4 Å². The monoisotopic (exact) mass is 673 g/mol. The van der Waals surface area contributed by atoms with Crippen LogP contribution in [0.15, 0.2) is 102 Å². The summed E-state index contributed by atoms with van der Waals surface area (Å²) in [6.45, 7) is 6.27. The molecule has 0 saturated heterocycles. The molecule has 1 atom stereocenters. The van der Waals surface area contributed by atoms with Crippen LogP contribution < -0.4 is 19.1 Å². The highest BCUT2D eigenvalue weighted by atomic mass is 32.2. The van der Waals surface area contributed by atoms with E-state index in [4.69, 9.17) is 9.47 Å². The van der Waals surface area contributed by atoms with Crippen molar-refractivity contribution in [2.45, 2.75) is 44.7 Å². The predicted molar refractivity (Wildman–Crippen MR) is 182 cm³/mol. The minimum atomic E-state index is -4.41. The molecule has 9 nitrogen and oxygen atoms in total. The summed E-state index contributed by atoms with van der Waals surface area (Å²) in [6, 6.07) is 25.1. The van der Waals surface area contributed by atoms with Crippen LogP contribution in [0.4, 0.5) is 10.1 Å². The highest BCUT2D eigenvalue weighted by Crippen LogP contribution is 2.34. The van der Waals surface area contributed by atoms with Gasteiger partial charge in [-0.15, -0.1) is 0 Å². The Labute approximate surface area is 281 Å². The number of halogens is 1. The van der Waals surface area contributed by atoms with Gasteiger partial charge in [-0.1, -0.05) is 74.0 Å². The molecule has 0 aliphatic carbocycles. The third kappa shape index (κ3) is 8.51. The standard InChI is InChI=1S/C37H40FN3O6S/c1-26(2)23-39-37(43)33(21-28-9-5-4-6-10-28)40(24-29-11-7-8-27(3)20-29)36(42)25-41(31-14-12-30(38)13-15-31)48(44,45)32-16-17-34-35(22-32)47-19-18-46-34/h4-17,20,22,26,33H,18-19,21,23-25H2,1-3H3,(H,39,43)/t33-/m1/s1. The number of hydrogen-bond donors (Lipinski definition) is 1. The zero-order valence-electron chi connectivity index (χ0n) is 27.3. The molecule has 4 aromatic carbocycles. The number of carbonyl (C=O) groups excluding carboxylic acids is 2. The zero-order valence-corrected chi connectivity index (χ0v) is 28.1. The van der Waals surface area contributed by atoms with Crippen LogP contribution in [-0.2, 0) is 32.6 Å². The van der Waals surface area contributed by atoms with Crippen molar-refractivity contribution in [1.29, 1.82) is 0 Å². The second-order valence-corrected chi connectivity index (χ2v) is 14.0. The van der Waals surface area contributed by atoms with Gasteiger partial charge >= 0.3 is 0 Å². The number of hydrogen-bond acceptors (Lipinski definition) is 6. The Morgan fingerprint density at radius 1 is 0.854 bits per heavy atom. The van der Waals surface area contributed by atoms with E-state index in [0.29, 0.717) is 18.9 Å². The Morgan fingerprint density at radius 3 is 2.23 bits per heavy atom. The minimum Gasteiger partial charge on any atom is -0.486 e. The molecule has 1 N–H and O–H groups in total. The number of benzene rings is 4. The fourth-order valence-electron chi connectivity index (χ4n) is 5.43. The quantitative estimate of drug-likeness (QED) is 0.201. The molecule has 48 heavy (non-hydrogen) atoms. The normalized spacial score (nSPS) is 13.1. The van der Waals surface area contributed by atoms with Crippen LogP contribution in [-0.4, -0.2) is 57.5 Å². The summed E-state index contributed by atoms with van der Waals surface area (Å²) in [5, 5.41) is 2.98. The molecule has 0 unspecified atom stereocenters. The van der Waals surface area contributed by atoms with Crippen LogP contribution in [0.2, 0.25) is 0 Å². The Morgan fingerprint density at radius 2 is 1.54 bits per heavy atom. The van der Waals surface area contributed by atoms with Crippen LogP contribution in [0.3, 0.4) is 0 Å².